The Morgan fingerprint density at radius 3 is 2.52 bits per heavy atom. The molecule has 1 saturated heterocycles. The van der Waals surface area contributed by atoms with E-state index >= 15 is 0 Å². The Kier molecular flexibility index (Phi) is 7.23. The zero-order valence-electron chi connectivity index (χ0n) is 19.7. The van der Waals surface area contributed by atoms with Crippen molar-refractivity contribution in [2.75, 3.05) is 50.2 Å². The number of nitrogens with zero attached hydrogens (tertiary/aromatic N) is 3. The lowest BCUT2D eigenvalue weighted by Crippen LogP contribution is -2.41. The fourth-order valence-electron chi connectivity index (χ4n) is 3.18. The summed E-state index contributed by atoms with van der Waals surface area (Å²) in [6.45, 7) is 17.2. The molecule has 1 aliphatic rings. The van der Waals surface area contributed by atoms with Gasteiger partial charge >= 0.3 is 0 Å². The number of morpholine rings is 1. The minimum Gasteiger partial charge on any atom is -0.475 e. The largest absolute Gasteiger partial charge is 0.475 e. The van der Waals surface area contributed by atoms with Crippen LogP contribution >= 0.6 is 0 Å². The highest BCUT2D eigenvalue weighted by molar-refractivity contribution is 6.74. The van der Waals surface area contributed by atoms with Crippen LogP contribution in [0.4, 0.5) is 11.5 Å². The summed E-state index contributed by atoms with van der Waals surface area (Å²) in [5.74, 6) is 1.46. The molecule has 0 radical (unpaired) electrons. The van der Waals surface area contributed by atoms with Crippen LogP contribution in [0.2, 0.25) is 18.1 Å². The van der Waals surface area contributed by atoms with Gasteiger partial charge in [-0.15, -0.1) is 0 Å². The quantitative estimate of drug-likeness (QED) is 0.504. The third-order valence-corrected chi connectivity index (χ3v) is 10.7. The van der Waals surface area contributed by atoms with E-state index < -0.39 is 8.32 Å². The van der Waals surface area contributed by atoms with Gasteiger partial charge in [-0.2, -0.15) is 4.98 Å². The van der Waals surface area contributed by atoms with Gasteiger partial charge in [0.1, 0.15) is 12.4 Å². The van der Waals surface area contributed by atoms with E-state index in [0.29, 0.717) is 38.0 Å². The summed E-state index contributed by atoms with van der Waals surface area (Å²) in [6, 6.07) is 5.98. The number of anilines is 2. The van der Waals surface area contributed by atoms with Crippen LogP contribution in [-0.4, -0.2) is 57.8 Å². The van der Waals surface area contributed by atoms with Crippen molar-refractivity contribution in [3.05, 3.63) is 30.1 Å². The molecule has 0 saturated carbocycles. The zero-order valence-corrected chi connectivity index (χ0v) is 20.7. The molecule has 31 heavy (non-hydrogen) atoms. The first-order chi connectivity index (χ1) is 14.6. The Bertz CT molecular complexity index is 893. The first-order valence-electron chi connectivity index (χ1n) is 10.9. The SMILES string of the molecule is Cc1ncc(N)cc1-c1cc(OCCO[Si](C)(C)C(C)(C)C)nc(N2CCOCC2)c1. The molecule has 0 atom stereocenters. The minimum atomic E-state index is -1.80. The predicted molar refractivity (Wildman–Crippen MR) is 128 cm³/mol. The summed E-state index contributed by atoms with van der Waals surface area (Å²) in [7, 11) is -1.80. The molecule has 3 rings (SSSR count). The summed E-state index contributed by atoms with van der Waals surface area (Å²) in [5.41, 5.74) is 9.54. The van der Waals surface area contributed by atoms with Crippen molar-refractivity contribution in [3.8, 4) is 17.0 Å². The molecule has 0 amide bonds. The Morgan fingerprint density at radius 1 is 1.13 bits per heavy atom. The first kappa shape index (κ1) is 23.5. The Hall–Kier alpha value is -2.16. The molecular formula is C23H36N4O3Si. The lowest BCUT2D eigenvalue weighted by molar-refractivity contribution is 0.122. The van der Waals surface area contributed by atoms with Crippen LogP contribution in [0.5, 0.6) is 5.88 Å². The van der Waals surface area contributed by atoms with Gasteiger partial charge in [0, 0.05) is 30.4 Å². The van der Waals surface area contributed by atoms with Crippen LogP contribution in [0.15, 0.2) is 24.4 Å². The number of rotatable bonds is 7. The normalized spacial score (nSPS) is 15.2. The number of aryl methyl sites for hydroxylation is 1. The van der Waals surface area contributed by atoms with Crippen LogP contribution in [0, 0.1) is 6.92 Å². The smallest absolute Gasteiger partial charge is 0.215 e. The predicted octanol–water partition coefficient (Wildman–Crippen LogP) is 4.27. The van der Waals surface area contributed by atoms with E-state index in [0.717, 1.165) is 35.7 Å². The van der Waals surface area contributed by atoms with Gasteiger partial charge < -0.3 is 24.5 Å². The summed E-state index contributed by atoms with van der Waals surface area (Å²) < 4.78 is 17.8. The summed E-state index contributed by atoms with van der Waals surface area (Å²) in [4.78, 5) is 11.4. The zero-order chi connectivity index (χ0) is 22.6. The number of hydrogen-bond acceptors (Lipinski definition) is 7. The van der Waals surface area contributed by atoms with Gasteiger partial charge in [0.05, 0.1) is 31.7 Å². The number of nitrogens with two attached hydrogens (primary N) is 1. The van der Waals surface area contributed by atoms with Crippen LogP contribution in [-0.2, 0) is 9.16 Å². The van der Waals surface area contributed by atoms with E-state index in [2.05, 4.69) is 49.8 Å². The average Bonchev–Trinajstić information content (AvgIpc) is 2.72. The van der Waals surface area contributed by atoms with Crippen molar-refractivity contribution in [1.82, 2.24) is 9.97 Å². The van der Waals surface area contributed by atoms with Gasteiger partial charge in [-0.1, -0.05) is 20.8 Å². The van der Waals surface area contributed by atoms with Crippen molar-refractivity contribution >= 4 is 19.8 Å². The minimum absolute atomic E-state index is 0.173. The number of aromatic nitrogens is 2. The Balaban J connectivity index is 1.81. The summed E-state index contributed by atoms with van der Waals surface area (Å²) in [5, 5.41) is 0.173. The molecule has 170 valence electrons. The van der Waals surface area contributed by atoms with E-state index in [-0.39, 0.29) is 5.04 Å². The topological polar surface area (TPSA) is 82.7 Å². The van der Waals surface area contributed by atoms with Crippen molar-refractivity contribution in [3.63, 3.8) is 0 Å². The van der Waals surface area contributed by atoms with Crippen LogP contribution < -0.4 is 15.4 Å². The standard InChI is InChI=1S/C23H36N4O3Si/c1-17-20(15-19(24)16-25-17)18-13-21(27-7-9-28-10-8-27)26-22(14-18)29-11-12-30-31(5,6)23(2,3)4/h13-16H,7-12,24H2,1-6H3. The molecule has 7 nitrogen and oxygen atoms in total. The van der Waals surface area contributed by atoms with Gasteiger partial charge in [0.15, 0.2) is 8.32 Å². The second-order valence-electron chi connectivity index (χ2n) is 9.51. The fraction of sp³-hybridized carbons (Fsp3) is 0.565. The number of hydrogen-bond donors (Lipinski definition) is 1. The molecule has 0 unspecified atom stereocenters. The fourth-order valence-corrected chi connectivity index (χ4v) is 4.20. The van der Waals surface area contributed by atoms with Crippen molar-refractivity contribution in [2.24, 2.45) is 0 Å². The third kappa shape index (κ3) is 5.96. The maximum absolute atomic E-state index is 6.24. The number of ether oxygens (including phenoxy) is 2. The lowest BCUT2D eigenvalue weighted by atomic mass is 10.0. The summed E-state index contributed by atoms with van der Waals surface area (Å²) >= 11 is 0. The second-order valence-corrected chi connectivity index (χ2v) is 14.3. The number of nitrogen functional groups attached to an aromatic ring is 1. The average molecular weight is 445 g/mol. The van der Waals surface area contributed by atoms with Crippen molar-refractivity contribution < 1.29 is 13.9 Å². The van der Waals surface area contributed by atoms with Crippen LogP contribution in [0.3, 0.4) is 0 Å². The van der Waals surface area contributed by atoms with E-state index in [1.54, 1.807) is 6.20 Å². The van der Waals surface area contributed by atoms with Gasteiger partial charge in [-0.05, 0) is 42.8 Å². The Labute approximate surface area is 187 Å². The second kappa shape index (κ2) is 9.54. The molecule has 1 fully saturated rings. The Morgan fingerprint density at radius 2 is 1.84 bits per heavy atom. The van der Waals surface area contributed by atoms with Crippen molar-refractivity contribution in [1.29, 1.82) is 0 Å². The molecule has 0 bridgehead atoms. The molecule has 2 aromatic rings. The van der Waals surface area contributed by atoms with E-state index in [1.165, 1.54) is 0 Å². The van der Waals surface area contributed by atoms with Crippen LogP contribution in [0.25, 0.3) is 11.1 Å². The molecule has 2 N–H and O–H groups in total. The van der Waals surface area contributed by atoms with E-state index in [1.807, 2.05) is 19.1 Å². The molecule has 1 aliphatic heterocycles. The van der Waals surface area contributed by atoms with Gasteiger partial charge in [0.2, 0.25) is 5.88 Å². The van der Waals surface area contributed by atoms with Gasteiger partial charge in [0.25, 0.3) is 0 Å². The highest BCUT2D eigenvalue weighted by atomic mass is 28.4. The highest BCUT2D eigenvalue weighted by Crippen LogP contribution is 2.36. The van der Waals surface area contributed by atoms with E-state index in [9.17, 15) is 0 Å². The summed E-state index contributed by atoms with van der Waals surface area (Å²) in [6.07, 6.45) is 1.68. The lowest BCUT2D eigenvalue weighted by Gasteiger charge is -2.36. The molecule has 0 aromatic carbocycles. The number of pyridine rings is 2. The van der Waals surface area contributed by atoms with Gasteiger partial charge in [-0.25, -0.2) is 0 Å². The third-order valence-electron chi connectivity index (χ3n) is 6.14. The monoisotopic (exact) mass is 444 g/mol. The molecule has 8 heteroatoms. The maximum Gasteiger partial charge on any atom is 0.215 e. The van der Waals surface area contributed by atoms with Crippen molar-refractivity contribution in [2.45, 2.75) is 45.8 Å². The van der Waals surface area contributed by atoms with Crippen LogP contribution in [0.1, 0.15) is 26.5 Å². The molecule has 0 spiro atoms. The molecule has 0 aliphatic carbocycles. The maximum atomic E-state index is 6.24. The highest BCUT2D eigenvalue weighted by Gasteiger charge is 2.36. The van der Waals surface area contributed by atoms with Gasteiger partial charge in [-0.3, -0.25) is 4.98 Å². The molecule has 3 heterocycles. The molecule has 2 aromatic heterocycles. The first-order valence-corrected chi connectivity index (χ1v) is 13.8. The molecular weight excluding hydrogens is 408 g/mol. The van der Waals surface area contributed by atoms with E-state index in [4.69, 9.17) is 24.6 Å².